The third-order valence-electron chi connectivity index (χ3n) is 10.3. The minimum absolute atomic E-state index is 0.639. The molecule has 52 heavy (non-hydrogen) atoms. The van der Waals surface area contributed by atoms with Crippen LogP contribution in [0.3, 0.4) is 0 Å². The Morgan fingerprint density at radius 2 is 0.808 bits per heavy atom. The van der Waals surface area contributed by atoms with Crippen LogP contribution in [0.15, 0.2) is 176 Å². The highest BCUT2D eigenvalue weighted by Gasteiger charge is 2.20. The molecule has 0 saturated carbocycles. The number of pyridine rings is 1. The summed E-state index contributed by atoms with van der Waals surface area (Å²) in [4.78, 5) is 14.8. The maximum absolute atomic E-state index is 4.98. The minimum atomic E-state index is 0.639. The van der Waals surface area contributed by atoms with Gasteiger partial charge in [-0.25, -0.2) is 15.0 Å². The van der Waals surface area contributed by atoms with Crippen molar-refractivity contribution in [3.05, 3.63) is 176 Å². The Balaban J connectivity index is 1.16. The Hall–Kier alpha value is -7.11. The molecule has 0 N–H and O–H groups in total. The first-order valence-corrected chi connectivity index (χ1v) is 17.5. The summed E-state index contributed by atoms with van der Waals surface area (Å²) in [6, 6.07) is 62.0. The summed E-state index contributed by atoms with van der Waals surface area (Å²) in [7, 11) is 0. The van der Waals surface area contributed by atoms with Crippen molar-refractivity contribution in [2.75, 3.05) is 0 Å². The van der Waals surface area contributed by atoms with Crippen LogP contribution in [0.5, 0.6) is 0 Å². The highest BCUT2D eigenvalue weighted by molar-refractivity contribution is 6.22. The largest absolute Gasteiger partial charge is 0.307 e. The lowest BCUT2D eigenvalue weighted by Crippen LogP contribution is -2.00. The molecule has 0 bridgehead atoms. The molecule has 7 aromatic carbocycles. The first-order chi connectivity index (χ1) is 25.8. The second kappa shape index (κ2) is 11.2. The van der Waals surface area contributed by atoms with Gasteiger partial charge in [0.25, 0.3) is 0 Å². The third kappa shape index (κ3) is 4.26. The molecule has 0 fully saturated rings. The van der Waals surface area contributed by atoms with E-state index in [9.17, 15) is 0 Å². The summed E-state index contributed by atoms with van der Waals surface area (Å²) in [5, 5.41) is 7.42. The fourth-order valence-electron chi connectivity index (χ4n) is 7.99. The lowest BCUT2D eigenvalue weighted by Gasteiger charge is -2.13. The van der Waals surface area contributed by atoms with Crippen molar-refractivity contribution >= 4 is 59.9 Å². The first kappa shape index (κ1) is 28.7. The molecule has 4 heterocycles. The zero-order chi connectivity index (χ0) is 34.2. The van der Waals surface area contributed by atoms with E-state index in [1.807, 2.05) is 60.7 Å². The molecule has 242 valence electrons. The fourth-order valence-corrected chi connectivity index (χ4v) is 7.99. The highest BCUT2D eigenvalue weighted by Crippen LogP contribution is 2.41. The van der Waals surface area contributed by atoms with Gasteiger partial charge in [0.15, 0.2) is 17.5 Å². The molecule has 0 saturated heterocycles. The molecule has 11 rings (SSSR count). The highest BCUT2D eigenvalue weighted by atomic mass is 15.0. The zero-order valence-electron chi connectivity index (χ0n) is 28.0. The minimum Gasteiger partial charge on any atom is -0.307 e. The third-order valence-corrected chi connectivity index (χ3v) is 10.3. The van der Waals surface area contributed by atoms with Gasteiger partial charge in [0.05, 0.1) is 27.6 Å². The number of benzene rings is 7. The zero-order valence-corrected chi connectivity index (χ0v) is 28.0. The average molecular weight is 664 g/mol. The van der Waals surface area contributed by atoms with E-state index < -0.39 is 0 Å². The molecule has 0 aliphatic rings. The predicted molar refractivity (Wildman–Crippen MR) is 214 cm³/mol. The molecule has 5 nitrogen and oxygen atoms in total. The number of aromatic nitrogens is 5. The number of hydrogen-bond donors (Lipinski definition) is 0. The molecule has 11 aromatic rings. The number of hydrogen-bond acceptors (Lipinski definition) is 3. The van der Waals surface area contributed by atoms with E-state index in [2.05, 4.69) is 124 Å². The summed E-state index contributed by atoms with van der Waals surface area (Å²) in [5.74, 6) is 1.94. The lowest BCUT2D eigenvalue weighted by atomic mass is 10.1. The van der Waals surface area contributed by atoms with E-state index in [-0.39, 0.29) is 0 Å². The Kier molecular flexibility index (Phi) is 6.18. The summed E-state index contributed by atoms with van der Waals surface area (Å²) in [6.07, 6.45) is 0. The molecule has 0 unspecified atom stereocenters. The van der Waals surface area contributed by atoms with Crippen LogP contribution >= 0.6 is 0 Å². The van der Waals surface area contributed by atoms with Crippen LogP contribution in [0.25, 0.3) is 99.8 Å². The molecule has 0 aliphatic heterocycles. The molecule has 4 aromatic heterocycles. The van der Waals surface area contributed by atoms with Crippen LogP contribution in [0.2, 0.25) is 0 Å². The Bertz CT molecular complexity index is 3100. The van der Waals surface area contributed by atoms with E-state index >= 15 is 0 Å². The predicted octanol–water partition coefficient (Wildman–Crippen LogP) is 11.7. The normalized spacial score (nSPS) is 11.8. The quantitative estimate of drug-likeness (QED) is 0.176. The maximum Gasteiger partial charge on any atom is 0.164 e. The van der Waals surface area contributed by atoms with E-state index in [0.717, 1.165) is 27.9 Å². The van der Waals surface area contributed by atoms with Crippen LogP contribution in [-0.2, 0) is 0 Å². The van der Waals surface area contributed by atoms with Gasteiger partial charge >= 0.3 is 0 Å². The molecule has 0 amide bonds. The van der Waals surface area contributed by atoms with Gasteiger partial charge in [-0.2, -0.15) is 0 Å². The Morgan fingerprint density at radius 3 is 1.42 bits per heavy atom. The number of para-hydroxylation sites is 2. The van der Waals surface area contributed by atoms with Crippen LogP contribution in [0.1, 0.15) is 0 Å². The smallest absolute Gasteiger partial charge is 0.164 e. The number of fused-ring (bicyclic) bond motifs is 12. The lowest BCUT2D eigenvalue weighted by molar-refractivity contribution is 1.07. The standard InChI is InChI=1S/C47H29N5/c1-3-13-30(14-4-1)45-48-46(31-15-5-2-6-16-31)50-47(49-45)32-23-26-34(27-24-32)51-40-21-11-10-20-38(40)39-28-25-33-29-42-37-19-8-7-17-35(37)36-18-9-12-22-41(36)52(42)43(33)44(39)51/h1-29H. The van der Waals surface area contributed by atoms with Crippen molar-refractivity contribution in [1.82, 2.24) is 23.9 Å². The Labute approximate surface area is 298 Å². The van der Waals surface area contributed by atoms with Crippen molar-refractivity contribution in [3.8, 4) is 39.9 Å². The molecule has 0 atom stereocenters. The summed E-state index contributed by atoms with van der Waals surface area (Å²) >= 11 is 0. The van der Waals surface area contributed by atoms with Crippen molar-refractivity contribution < 1.29 is 0 Å². The van der Waals surface area contributed by atoms with Gasteiger partial charge in [-0.1, -0.05) is 133 Å². The van der Waals surface area contributed by atoms with Crippen molar-refractivity contribution in [1.29, 1.82) is 0 Å². The average Bonchev–Trinajstić information content (AvgIpc) is 3.78. The topological polar surface area (TPSA) is 48.0 Å². The fraction of sp³-hybridized carbons (Fsp3) is 0. The van der Waals surface area contributed by atoms with Gasteiger partial charge in [0.1, 0.15) is 0 Å². The second-order valence-electron chi connectivity index (χ2n) is 13.3. The van der Waals surface area contributed by atoms with Crippen molar-refractivity contribution in [2.45, 2.75) is 0 Å². The van der Waals surface area contributed by atoms with Gasteiger partial charge in [-0.05, 0) is 47.9 Å². The maximum atomic E-state index is 4.98. The van der Waals surface area contributed by atoms with E-state index in [1.54, 1.807) is 0 Å². The first-order valence-electron chi connectivity index (χ1n) is 17.5. The summed E-state index contributed by atoms with van der Waals surface area (Å²) in [5.41, 5.74) is 9.86. The van der Waals surface area contributed by atoms with Crippen LogP contribution in [0, 0.1) is 0 Å². The molecule has 0 radical (unpaired) electrons. The SMILES string of the molecule is c1ccc(-c2nc(-c3ccccc3)nc(-c3ccc(-n4c5ccccc5c5ccc6cc7c8ccccc8c8ccccc8n7c6c54)cc3)n2)cc1. The van der Waals surface area contributed by atoms with Gasteiger partial charge < -0.3 is 8.97 Å². The van der Waals surface area contributed by atoms with Crippen LogP contribution < -0.4 is 0 Å². The van der Waals surface area contributed by atoms with Gasteiger partial charge in [0.2, 0.25) is 0 Å². The van der Waals surface area contributed by atoms with E-state index in [1.165, 1.54) is 54.4 Å². The van der Waals surface area contributed by atoms with Crippen LogP contribution in [-0.4, -0.2) is 23.9 Å². The number of nitrogens with zero attached hydrogens (tertiary/aromatic N) is 5. The van der Waals surface area contributed by atoms with Gasteiger partial charge in [0, 0.05) is 49.3 Å². The summed E-state index contributed by atoms with van der Waals surface area (Å²) in [6.45, 7) is 0. The van der Waals surface area contributed by atoms with Crippen molar-refractivity contribution in [2.24, 2.45) is 0 Å². The molecule has 0 aliphatic carbocycles. The van der Waals surface area contributed by atoms with Crippen LogP contribution in [0.4, 0.5) is 0 Å². The second-order valence-corrected chi connectivity index (χ2v) is 13.3. The summed E-state index contributed by atoms with van der Waals surface area (Å²) < 4.78 is 4.89. The van der Waals surface area contributed by atoms with Gasteiger partial charge in [-0.15, -0.1) is 0 Å². The van der Waals surface area contributed by atoms with E-state index in [4.69, 9.17) is 15.0 Å². The van der Waals surface area contributed by atoms with Gasteiger partial charge in [-0.3, -0.25) is 0 Å². The molecular formula is C47H29N5. The monoisotopic (exact) mass is 663 g/mol. The van der Waals surface area contributed by atoms with E-state index in [0.29, 0.717) is 17.5 Å². The molecule has 0 spiro atoms. The molecule has 5 heteroatoms. The Morgan fingerprint density at radius 1 is 0.327 bits per heavy atom. The molecular weight excluding hydrogens is 635 g/mol. The van der Waals surface area contributed by atoms with Crippen molar-refractivity contribution in [3.63, 3.8) is 0 Å². The number of rotatable bonds is 4.